The number of amides is 2. The average Bonchev–Trinajstić information content (AvgIpc) is 2.93. The lowest BCUT2D eigenvalue weighted by Crippen LogP contribution is -2.53. The van der Waals surface area contributed by atoms with Gasteiger partial charge in [0.2, 0.25) is 11.8 Å². The number of methoxy groups -OCH3 is 1. The summed E-state index contributed by atoms with van der Waals surface area (Å²) < 4.78 is 18.9. The second-order valence-electron chi connectivity index (χ2n) is 9.73. The molecule has 2 amide bonds. The molecule has 0 saturated heterocycles. The molecule has 0 aromatic heterocycles. The quantitative estimate of drug-likeness (QED) is 0.400. The molecule has 0 spiro atoms. The zero-order valence-electron chi connectivity index (χ0n) is 21.4. The van der Waals surface area contributed by atoms with E-state index in [4.69, 9.17) is 4.74 Å². The van der Waals surface area contributed by atoms with Crippen LogP contribution in [0.5, 0.6) is 5.75 Å². The lowest BCUT2D eigenvalue weighted by molar-refractivity contribution is -0.141. The molecule has 1 N–H and O–H groups in total. The van der Waals surface area contributed by atoms with Gasteiger partial charge in [0, 0.05) is 19.0 Å². The number of nitrogens with one attached hydrogen (secondary N) is 1. The van der Waals surface area contributed by atoms with Crippen LogP contribution in [0.15, 0.2) is 78.9 Å². The lowest BCUT2D eigenvalue weighted by Gasteiger charge is -2.33. The molecule has 37 heavy (non-hydrogen) atoms. The normalized spacial score (nSPS) is 14.5. The van der Waals surface area contributed by atoms with Gasteiger partial charge in [-0.25, -0.2) is 4.39 Å². The van der Waals surface area contributed by atoms with E-state index < -0.39 is 6.04 Å². The molecule has 194 valence electrons. The number of carbonyl (C=O) groups excluding carboxylic acids is 2. The van der Waals surface area contributed by atoms with Crippen molar-refractivity contribution in [3.05, 3.63) is 101 Å². The molecule has 3 aromatic carbocycles. The summed E-state index contributed by atoms with van der Waals surface area (Å²) in [5.41, 5.74) is 2.56. The maximum absolute atomic E-state index is 13.8. The Labute approximate surface area is 218 Å². The first-order valence-corrected chi connectivity index (χ1v) is 13.0. The zero-order chi connectivity index (χ0) is 26.0. The fraction of sp³-hybridized carbons (Fsp3) is 0.355. The highest BCUT2D eigenvalue weighted by Gasteiger charge is 2.32. The van der Waals surface area contributed by atoms with E-state index in [2.05, 4.69) is 5.32 Å². The van der Waals surface area contributed by atoms with Crippen LogP contribution in [-0.4, -0.2) is 35.9 Å². The number of hydrogen-bond donors (Lipinski definition) is 1. The van der Waals surface area contributed by atoms with Crippen molar-refractivity contribution in [2.45, 2.75) is 63.6 Å². The summed E-state index contributed by atoms with van der Waals surface area (Å²) in [7, 11) is 1.60. The third-order valence-electron chi connectivity index (χ3n) is 6.98. The van der Waals surface area contributed by atoms with E-state index in [1.54, 1.807) is 24.1 Å². The second kappa shape index (κ2) is 13.0. The molecular formula is C31H35FN2O3. The predicted molar refractivity (Wildman–Crippen MR) is 143 cm³/mol. The van der Waals surface area contributed by atoms with Crippen LogP contribution in [0.3, 0.4) is 0 Å². The number of hydrogen-bond acceptors (Lipinski definition) is 3. The third kappa shape index (κ3) is 7.66. The van der Waals surface area contributed by atoms with Crippen LogP contribution in [0.1, 0.15) is 48.8 Å². The van der Waals surface area contributed by atoms with Crippen LogP contribution >= 0.6 is 0 Å². The number of ether oxygens (including phenoxy) is 1. The SMILES string of the molecule is COc1cccc(CN(C(=O)Cc2ccc(F)cc2)[C@H](Cc2ccccc2)C(=O)NC2CCCCC2)c1. The first-order valence-electron chi connectivity index (χ1n) is 13.0. The molecule has 0 aliphatic heterocycles. The highest BCUT2D eigenvalue weighted by molar-refractivity contribution is 5.89. The molecule has 3 aromatic rings. The summed E-state index contributed by atoms with van der Waals surface area (Å²) in [6, 6.07) is 22.7. The van der Waals surface area contributed by atoms with Gasteiger partial charge in [-0.05, 0) is 53.8 Å². The van der Waals surface area contributed by atoms with Crippen LogP contribution in [0.2, 0.25) is 0 Å². The third-order valence-corrected chi connectivity index (χ3v) is 6.98. The highest BCUT2D eigenvalue weighted by Crippen LogP contribution is 2.22. The van der Waals surface area contributed by atoms with E-state index in [1.807, 2.05) is 54.6 Å². The molecule has 0 radical (unpaired) electrons. The topological polar surface area (TPSA) is 58.6 Å². The maximum Gasteiger partial charge on any atom is 0.243 e. The molecular weight excluding hydrogens is 467 g/mol. The molecule has 0 heterocycles. The van der Waals surface area contributed by atoms with Crippen molar-refractivity contribution in [1.82, 2.24) is 10.2 Å². The van der Waals surface area contributed by atoms with Crippen molar-refractivity contribution >= 4 is 11.8 Å². The van der Waals surface area contributed by atoms with Crippen LogP contribution in [0, 0.1) is 5.82 Å². The van der Waals surface area contributed by atoms with Crippen molar-refractivity contribution in [2.24, 2.45) is 0 Å². The van der Waals surface area contributed by atoms with E-state index in [0.717, 1.165) is 36.8 Å². The van der Waals surface area contributed by atoms with Gasteiger partial charge in [-0.2, -0.15) is 0 Å². The first-order chi connectivity index (χ1) is 18.0. The Morgan fingerprint density at radius 2 is 1.62 bits per heavy atom. The van der Waals surface area contributed by atoms with E-state index in [9.17, 15) is 14.0 Å². The minimum Gasteiger partial charge on any atom is -0.497 e. The number of rotatable bonds is 10. The fourth-order valence-electron chi connectivity index (χ4n) is 4.94. The summed E-state index contributed by atoms with van der Waals surface area (Å²) in [6.45, 7) is 0.257. The van der Waals surface area contributed by atoms with Gasteiger partial charge in [-0.15, -0.1) is 0 Å². The van der Waals surface area contributed by atoms with Crippen LogP contribution in [0.25, 0.3) is 0 Å². The van der Waals surface area contributed by atoms with Gasteiger partial charge >= 0.3 is 0 Å². The molecule has 1 fully saturated rings. The monoisotopic (exact) mass is 502 g/mol. The molecule has 0 bridgehead atoms. The standard InChI is InChI=1S/C31H35FN2O3/c1-37-28-14-8-11-25(19-28)22-34(30(35)21-24-15-17-26(32)18-16-24)29(20-23-9-4-2-5-10-23)31(36)33-27-12-6-3-7-13-27/h2,4-5,8-11,14-19,27,29H,3,6-7,12-13,20-22H2,1H3,(H,33,36)/t29-/m1/s1. The average molecular weight is 503 g/mol. The molecule has 1 aliphatic rings. The van der Waals surface area contributed by atoms with Gasteiger partial charge in [-0.3, -0.25) is 9.59 Å². The molecule has 1 aliphatic carbocycles. The van der Waals surface area contributed by atoms with Gasteiger partial charge in [-0.1, -0.05) is 73.9 Å². The van der Waals surface area contributed by atoms with Gasteiger partial charge in [0.1, 0.15) is 17.6 Å². The summed E-state index contributed by atoms with van der Waals surface area (Å²) in [4.78, 5) is 29.3. The van der Waals surface area contributed by atoms with Crippen molar-refractivity contribution < 1.29 is 18.7 Å². The van der Waals surface area contributed by atoms with Gasteiger partial charge < -0.3 is 15.0 Å². The van der Waals surface area contributed by atoms with Crippen molar-refractivity contribution in [2.75, 3.05) is 7.11 Å². The van der Waals surface area contributed by atoms with Crippen molar-refractivity contribution in [3.63, 3.8) is 0 Å². The molecule has 0 unspecified atom stereocenters. The van der Waals surface area contributed by atoms with E-state index in [1.165, 1.54) is 18.6 Å². The van der Waals surface area contributed by atoms with Gasteiger partial charge in [0.25, 0.3) is 0 Å². The summed E-state index contributed by atoms with van der Waals surface area (Å²) in [5.74, 6) is 0.0215. The second-order valence-corrected chi connectivity index (χ2v) is 9.73. The van der Waals surface area contributed by atoms with E-state index in [-0.39, 0.29) is 36.6 Å². The Kier molecular flexibility index (Phi) is 9.30. The van der Waals surface area contributed by atoms with Crippen molar-refractivity contribution in [1.29, 1.82) is 0 Å². The minimum absolute atomic E-state index is 0.0756. The summed E-state index contributed by atoms with van der Waals surface area (Å²) in [5, 5.41) is 3.25. The summed E-state index contributed by atoms with van der Waals surface area (Å²) in [6.07, 6.45) is 5.80. The Morgan fingerprint density at radius 1 is 0.919 bits per heavy atom. The Morgan fingerprint density at radius 3 is 2.32 bits per heavy atom. The minimum atomic E-state index is -0.691. The van der Waals surface area contributed by atoms with E-state index >= 15 is 0 Å². The Balaban J connectivity index is 1.65. The first kappa shape index (κ1) is 26.4. The predicted octanol–water partition coefficient (Wildman–Crippen LogP) is 5.47. The fourth-order valence-corrected chi connectivity index (χ4v) is 4.94. The maximum atomic E-state index is 13.8. The van der Waals surface area contributed by atoms with Crippen molar-refractivity contribution in [3.8, 4) is 5.75 Å². The molecule has 5 nitrogen and oxygen atoms in total. The Bertz CT molecular complexity index is 1160. The zero-order valence-corrected chi connectivity index (χ0v) is 21.4. The lowest BCUT2D eigenvalue weighted by atomic mass is 9.94. The molecule has 6 heteroatoms. The van der Waals surface area contributed by atoms with Crippen LogP contribution in [-0.2, 0) is 29.0 Å². The van der Waals surface area contributed by atoms with Crippen LogP contribution < -0.4 is 10.1 Å². The highest BCUT2D eigenvalue weighted by atomic mass is 19.1. The smallest absolute Gasteiger partial charge is 0.243 e. The van der Waals surface area contributed by atoms with Gasteiger partial charge in [0.15, 0.2) is 0 Å². The largest absolute Gasteiger partial charge is 0.497 e. The van der Waals surface area contributed by atoms with Gasteiger partial charge in [0.05, 0.1) is 13.5 Å². The molecule has 4 rings (SSSR count). The summed E-state index contributed by atoms with van der Waals surface area (Å²) >= 11 is 0. The number of halogens is 1. The number of carbonyl (C=O) groups is 2. The molecule has 1 atom stereocenters. The number of benzene rings is 3. The Hall–Kier alpha value is -3.67. The molecule has 1 saturated carbocycles. The van der Waals surface area contributed by atoms with Crippen LogP contribution in [0.4, 0.5) is 4.39 Å². The number of nitrogens with zero attached hydrogens (tertiary/aromatic N) is 1. The van der Waals surface area contributed by atoms with E-state index in [0.29, 0.717) is 17.7 Å².